The summed E-state index contributed by atoms with van der Waals surface area (Å²) in [5.41, 5.74) is 3.54. The van der Waals surface area contributed by atoms with Crippen LogP contribution >= 0.6 is 0 Å². The van der Waals surface area contributed by atoms with Gasteiger partial charge in [0.15, 0.2) is 5.65 Å². The Balaban J connectivity index is 1.69. The lowest BCUT2D eigenvalue weighted by atomic mass is 10.2. The summed E-state index contributed by atoms with van der Waals surface area (Å²) >= 11 is 0. The van der Waals surface area contributed by atoms with Gasteiger partial charge in [0.25, 0.3) is 5.56 Å². The Kier molecular flexibility index (Phi) is 4.97. The minimum absolute atomic E-state index is 0.265. The van der Waals surface area contributed by atoms with E-state index >= 15 is 0 Å². The van der Waals surface area contributed by atoms with Crippen molar-refractivity contribution in [1.29, 1.82) is 0 Å². The Morgan fingerprint density at radius 3 is 2.68 bits per heavy atom. The van der Waals surface area contributed by atoms with Gasteiger partial charge in [-0.05, 0) is 24.1 Å². The first-order chi connectivity index (χ1) is 13.7. The van der Waals surface area contributed by atoms with Crippen molar-refractivity contribution in [2.75, 3.05) is 5.32 Å². The molecule has 0 bridgehead atoms. The molecule has 1 aromatic carbocycles. The topological polar surface area (TPSA) is 81.9 Å². The molecular formula is C21H19N5O2. The summed E-state index contributed by atoms with van der Waals surface area (Å²) in [5, 5.41) is 4.05. The van der Waals surface area contributed by atoms with Gasteiger partial charge in [-0.3, -0.25) is 9.78 Å². The summed E-state index contributed by atoms with van der Waals surface area (Å²) in [4.78, 5) is 31.2. The SMILES string of the molecule is Cc1ncnc2c1c(NCc1cccnc1)cc(=O)n2OCc1ccccc1. The molecule has 0 amide bonds. The molecule has 0 aliphatic carbocycles. The second-order valence-electron chi connectivity index (χ2n) is 6.32. The second-order valence-corrected chi connectivity index (χ2v) is 6.32. The van der Waals surface area contributed by atoms with Gasteiger partial charge >= 0.3 is 0 Å². The Morgan fingerprint density at radius 2 is 1.89 bits per heavy atom. The van der Waals surface area contributed by atoms with Crippen molar-refractivity contribution < 1.29 is 4.84 Å². The van der Waals surface area contributed by atoms with Gasteiger partial charge in [0.1, 0.15) is 12.9 Å². The number of pyridine rings is 2. The van der Waals surface area contributed by atoms with Crippen LogP contribution in [0.2, 0.25) is 0 Å². The molecule has 140 valence electrons. The summed E-state index contributed by atoms with van der Waals surface area (Å²) < 4.78 is 1.23. The predicted octanol–water partition coefficient (Wildman–Crippen LogP) is 2.74. The molecule has 4 rings (SSSR count). The van der Waals surface area contributed by atoms with E-state index in [9.17, 15) is 4.79 Å². The number of aromatic nitrogens is 4. The Bertz CT molecular complexity index is 1140. The fourth-order valence-electron chi connectivity index (χ4n) is 2.97. The third-order valence-electron chi connectivity index (χ3n) is 4.36. The smallest absolute Gasteiger partial charge is 0.287 e. The standard InChI is InChI=1S/C21H19N5O2/c1-15-20-18(23-12-17-8-5-9-22-11-17)10-19(27)26(21(20)25-14-24-15)28-13-16-6-3-2-4-7-16/h2-11,14,23H,12-13H2,1H3. The van der Waals surface area contributed by atoms with Gasteiger partial charge in [-0.15, -0.1) is 4.73 Å². The van der Waals surface area contributed by atoms with Crippen LogP contribution in [0.25, 0.3) is 11.0 Å². The molecular weight excluding hydrogens is 354 g/mol. The molecule has 0 fully saturated rings. The maximum Gasteiger partial charge on any atom is 0.287 e. The lowest BCUT2D eigenvalue weighted by molar-refractivity contribution is 0.0979. The summed E-state index contributed by atoms with van der Waals surface area (Å²) in [6.07, 6.45) is 4.94. The summed E-state index contributed by atoms with van der Waals surface area (Å²) in [7, 11) is 0. The summed E-state index contributed by atoms with van der Waals surface area (Å²) in [5.74, 6) is 0. The molecule has 0 saturated carbocycles. The van der Waals surface area contributed by atoms with Gasteiger partial charge in [-0.1, -0.05) is 36.4 Å². The molecule has 0 aliphatic rings. The largest absolute Gasteiger partial charge is 0.404 e. The first-order valence-electron chi connectivity index (χ1n) is 8.90. The van der Waals surface area contributed by atoms with E-state index in [4.69, 9.17) is 4.84 Å². The molecule has 0 aliphatic heterocycles. The molecule has 1 N–H and O–H groups in total. The normalized spacial score (nSPS) is 10.8. The highest BCUT2D eigenvalue weighted by molar-refractivity contribution is 5.90. The van der Waals surface area contributed by atoms with Crippen molar-refractivity contribution in [3.05, 3.63) is 94.4 Å². The fourth-order valence-corrected chi connectivity index (χ4v) is 2.97. The van der Waals surface area contributed by atoms with Crippen LogP contribution in [0.5, 0.6) is 0 Å². The quantitative estimate of drug-likeness (QED) is 0.560. The van der Waals surface area contributed by atoms with Crippen molar-refractivity contribution in [1.82, 2.24) is 19.7 Å². The van der Waals surface area contributed by atoms with Crippen LogP contribution < -0.4 is 15.7 Å². The van der Waals surface area contributed by atoms with Crippen LogP contribution in [0.3, 0.4) is 0 Å². The van der Waals surface area contributed by atoms with E-state index in [1.165, 1.54) is 17.1 Å². The minimum Gasteiger partial charge on any atom is -0.404 e. The Hall–Kier alpha value is -3.74. The zero-order valence-corrected chi connectivity index (χ0v) is 15.4. The van der Waals surface area contributed by atoms with Crippen molar-refractivity contribution in [2.45, 2.75) is 20.1 Å². The first-order valence-corrected chi connectivity index (χ1v) is 8.90. The van der Waals surface area contributed by atoms with E-state index in [1.54, 1.807) is 12.4 Å². The van der Waals surface area contributed by atoms with E-state index in [-0.39, 0.29) is 12.2 Å². The molecule has 0 atom stereocenters. The van der Waals surface area contributed by atoms with Crippen molar-refractivity contribution >= 4 is 16.7 Å². The molecule has 0 unspecified atom stereocenters. The highest BCUT2D eigenvalue weighted by atomic mass is 16.7. The van der Waals surface area contributed by atoms with Crippen LogP contribution in [0, 0.1) is 6.92 Å². The van der Waals surface area contributed by atoms with Crippen molar-refractivity contribution in [3.8, 4) is 0 Å². The number of fused-ring (bicyclic) bond motifs is 1. The van der Waals surface area contributed by atoms with Gasteiger partial charge in [0.2, 0.25) is 0 Å². The molecule has 0 spiro atoms. The number of rotatable bonds is 6. The molecule has 3 heterocycles. The van der Waals surface area contributed by atoms with E-state index in [1.807, 2.05) is 49.4 Å². The summed E-state index contributed by atoms with van der Waals surface area (Å²) in [6, 6.07) is 15.0. The number of anilines is 1. The average Bonchev–Trinajstić information content (AvgIpc) is 2.73. The van der Waals surface area contributed by atoms with Gasteiger partial charge < -0.3 is 10.2 Å². The third kappa shape index (κ3) is 3.68. The fraction of sp³-hybridized carbons (Fsp3) is 0.143. The molecule has 0 radical (unpaired) electrons. The number of aryl methyl sites for hydroxylation is 1. The lowest BCUT2D eigenvalue weighted by Crippen LogP contribution is -2.28. The molecule has 28 heavy (non-hydrogen) atoms. The molecule has 3 aromatic heterocycles. The van der Waals surface area contributed by atoms with Crippen LogP contribution in [0.15, 0.2) is 72.0 Å². The maximum atomic E-state index is 12.7. The van der Waals surface area contributed by atoms with Gasteiger partial charge in [-0.2, -0.15) is 0 Å². The van der Waals surface area contributed by atoms with Crippen LogP contribution in [-0.4, -0.2) is 19.7 Å². The monoisotopic (exact) mass is 373 g/mol. The lowest BCUT2D eigenvalue weighted by Gasteiger charge is -2.15. The third-order valence-corrected chi connectivity index (χ3v) is 4.36. The van der Waals surface area contributed by atoms with Crippen LogP contribution in [-0.2, 0) is 13.2 Å². The number of nitrogens with one attached hydrogen (secondary N) is 1. The predicted molar refractivity (Wildman–Crippen MR) is 107 cm³/mol. The molecule has 7 heteroatoms. The van der Waals surface area contributed by atoms with Crippen molar-refractivity contribution in [3.63, 3.8) is 0 Å². The number of benzene rings is 1. The van der Waals surface area contributed by atoms with E-state index in [0.717, 1.165) is 22.2 Å². The number of nitrogens with zero attached hydrogens (tertiary/aromatic N) is 4. The highest BCUT2D eigenvalue weighted by Gasteiger charge is 2.14. The summed E-state index contributed by atoms with van der Waals surface area (Å²) in [6.45, 7) is 2.68. The molecule has 7 nitrogen and oxygen atoms in total. The number of hydrogen-bond acceptors (Lipinski definition) is 6. The number of hydrogen-bond donors (Lipinski definition) is 1. The Morgan fingerprint density at radius 1 is 1.07 bits per heavy atom. The van der Waals surface area contributed by atoms with E-state index in [2.05, 4.69) is 20.3 Å². The molecule has 0 saturated heterocycles. The van der Waals surface area contributed by atoms with Gasteiger partial charge in [-0.25, -0.2) is 9.97 Å². The zero-order chi connectivity index (χ0) is 19.3. The highest BCUT2D eigenvalue weighted by Crippen LogP contribution is 2.22. The average molecular weight is 373 g/mol. The van der Waals surface area contributed by atoms with Crippen LogP contribution in [0.1, 0.15) is 16.8 Å². The maximum absolute atomic E-state index is 12.7. The first kappa shape index (κ1) is 17.7. The second kappa shape index (κ2) is 7.87. The van der Waals surface area contributed by atoms with Crippen molar-refractivity contribution in [2.24, 2.45) is 0 Å². The zero-order valence-electron chi connectivity index (χ0n) is 15.4. The van der Waals surface area contributed by atoms with Crippen LogP contribution in [0.4, 0.5) is 5.69 Å². The van der Waals surface area contributed by atoms with E-state index in [0.29, 0.717) is 17.9 Å². The van der Waals surface area contributed by atoms with Gasteiger partial charge in [0, 0.05) is 25.0 Å². The van der Waals surface area contributed by atoms with E-state index < -0.39 is 0 Å². The Labute approximate surface area is 161 Å². The van der Waals surface area contributed by atoms with Gasteiger partial charge in [0.05, 0.1) is 16.8 Å². The molecule has 4 aromatic rings. The minimum atomic E-state index is -0.296.